The van der Waals surface area contributed by atoms with Crippen molar-refractivity contribution in [2.45, 2.75) is 53.0 Å². The third-order valence-corrected chi connectivity index (χ3v) is 6.37. The van der Waals surface area contributed by atoms with E-state index in [1.807, 2.05) is 12.1 Å². The third kappa shape index (κ3) is 4.90. The van der Waals surface area contributed by atoms with Crippen LogP contribution in [0.1, 0.15) is 43.7 Å². The molecule has 0 spiro atoms. The van der Waals surface area contributed by atoms with Gasteiger partial charge in [-0.25, -0.2) is 4.99 Å². The largest absolute Gasteiger partial charge is 0.482 e. The normalized spacial score (nSPS) is 13.6. The lowest BCUT2D eigenvalue weighted by Gasteiger charge is -2.19. The Morgan fingerprint density at radius 1 is 1.13 bits per heavy atom. The van der Waals surface area contributed by atoms with E-state index in [1.54, 1.807) is 11.3 Å². The van der Waals surface area contributed by atoms with Gasteiger partial charge in [0.05, 0.1) is 17.1 Å². The number of hydrogen-bond donors (Lipinski definition) is 1. The summed E-state index contributed by atoms with van der Waals surface area (Å²) in [7, 11) is 0. The van der Waals surface area contributed by atoms with E-state index in [-0.39, 0.29) is 12.5 Å². The Hall–Kier alpha value is -2.86. The Balaban J connectivity index is 1.75. The van der Waals surface area contributed by atoms with Gasteiger partial charge in [0.1, 0.15) is 5.75 Å². The number of hydrogen-bond acceptors (Lipinski definition) is 4. The molecule has 1 amide bonds. The van der Waals surface area contributed by atoms with Gasteiger partial charge in [-0.05, 0) is 50.1 Å². The zero-order valence-corrected chi connectivity index (χ0v) is 19.2. The second-order valence-corrected chi connectivity index (χ2v) is 8.90. The maximum Gasteiger partial charge on any atom is 0.262 e. The molecule has 31 heavy (non-hydrogen) atoms. The standard InChI is InChI=1S/C25H29N3O2S/c1-4-5-6-7-12-28-22(19-9-11-23-21(14-19)26-24(29)15-30-23)16-31-25(28)27-20-10-8-17(2)13-18(20)3/h8-11,13-14,16H,4-7,12,15H2,1-3H3,(H,26,29). The zero-order chi connectivity index (χ0) is 21.8. The molecule has 162 valence electrons. The molecule has 4 rings (SSSR count). The van der Waals surface area contributed by atoms with Crippen LogP contribution in [0.5, 0.6) is 5.75 Å². The molecule has 2 heterocycles. The molecule has 0 aliphatic carbocycles. The first-order chi connectivity index (χ1) is 15.0. The highest BCUT2D eigenvalue weighted by Gasteiger charge is 2.18. The van der Waals surface area contributed by atoms with Crippen molar-refractivity contribution in [3.05, 3.63) is 57.7 Å². The van der Waals surface area contributed by atoms with Gasteiger partial charge in [0.15, 0.2) is 11.4 Å². The van der Waals surface area contributed by atoms with Gasteiger partial charge in [0, 0.05) is 17.5 Å². The minimum Gasteiger partial charge on any atom is -0.482 e. The van der Waals surface area contributed by atoms with Crippen LogP contribution in [0.25, 0.3) is 11.3 Å². The van der Waals surface area contributed by atoms with E-state index in [2.05, 4.69) is 60.3 Å². The Labute approximate surface area is 187 Å². The van der Waals surface area contributed by atoms with Crippen molar-refractivity contribution in [2.75, 3.05) is 11.9 Å². The van der Waals surface area contributed by atoms with Crippen molar-refractivity contribution in [2.24, 2.45) is 4.99 Å². The van der Waals surface area contributed by atoms with Gasteiger partial charge in [0.25, 0.3) is 5.91 Å². The van der Waals surface area contributed by atoms with Crippen molar-refractivity contribution >= 4 is 28.6 Å². The summed E-state index contributed by atoms with van der Waals surface area (Å²) in [5, 5.41) is 5.08. The molecular weight excluding hydrogens is 406 g/mol. The van der Waals surface area contributed by atoms with Crippen LogP contribution in [-0.4, -0.2) is 17.1 Å². The number of rotatable bonds is 7. The molecule has 0 atom stereocenters. The highest BCUT2D eigenvalue weighted by molar-refractivity contribution is 7.07. The van der Waals surface area contributed by atoms with Crippen LogP contribution >= 0.6 is 11.3 Å². The molecule has 0 radical (unpaired) electrons. The first-order valence-corrected chi connectivity index (χ1v) is 11.8. The van der Waals surface area contributed by atoms with Crippen LogP contribution in [0, 0.1) is 13.8 Å². The number of aryl methyl sites for hydroxylation is 2. The number of thiazole rings is 1. The highest BCUT2D eigenvalue weighted by atomic mass is 32.1. The molecule has 1 N–H and O–H groups in total. The number of amides is 1. The number of nitrogens with one attached hydrogen (secondary N) is 1. The highest BCUT2D eigenvalue weighted by Crippen LogP contribution is 2.33. The summed E-state index contributed by atoms with van der Waals surface area (Å²) in [5.74, 6) is 0.598. The van der Waals surface area contributed by atoms with Crippen LogP contribution in [-0.2, 0) is 11.3 Å². The van der Waals surface area contributed by atoms with Crippen molar-refractivity contribution in [3.63, 3.8) is 0 Å². The molecule has 1 aromatic heterocycles. The molecule has 6 heteroatoms. The molecule has 3 aromatic rings. The first-order valence-electron chi connectivity index (χ1n) is 10.9. The Kier molecular flexibility index (Phi) is 6.56. The third-order valence-electron chi connectivity index (χ3n) is 5.51. The fourth-order valence-electron chi connectivity index (χ4n) is 3.84. The van der Waals surface area contributed by atoms with Gasteiger partial charge in [-0.1, -0.05) is 43.9 Å². The SMILES string of the molecule is CCCCCCn1c(-c2ccc3c(c2)NC(=O)CO3)csc1=Nc1ccc(C)cc1C. The lowest BCUT2D eigenvalue weighted by Crippen LogP contribution is -2.25. The smallest absolute Gasteiger partial charge is 0.262 e. The van der Waals surface area contributed by atoms with E-state index in [9.17, 15) is 4.79 Å². The fraction of sp³-hybridized carbons (Fsp3) is 0.360. The van der Waals surface area contributed by atoms with Crippen molar-refractivity contribution in [3.8, 4) is 17.0 Å². The summed E-state index contributed by atoms with van der Waals surface area (Å²) >= 11 is 1.66. The molecule has 0 fully saturated rings. The van der Waals surface area contributed by atoms with Crippen LogP contribution in [0.4, 0.5) is 11.4 Å². The average molecular weight is 436 g/mol. The number of nitrogens with zero attached hydrogens (tertiary/aromatic N) is 2. The van der Waals surface area contributed by atoms with Gasteiger partial charge in [-0.2, -0.15) is 0 Å². The van der Waals surface area contributed by atoms with Gasteiger partial charge in [-0.15, -0.1) is 11.3 Å². The van der Waals surface area contributed by atoms with Gasteiger partial charge in [-0.3, -0.25) is 4.79 Å². The summed E-state index contributed by atoms with van der Waals surface area (Å²) < 4.78 is 7.83. The van der Waals surface area contributed by atoms with E-state index in [1.165, 1.54) is 30.4 Å². The number of unbranched alkanes of at least 4 members (excludes halogenated alkanes) is 3. The van der Waals surface area contributed by atoms with Crippen molar-refractivity contribution in [1.82, 2.24) is 4.57 Å². The van der Waals surface area contributed by atoms with E-state index in [0.29, 0.717) is 5.75 Å². The summed E-state index contributed by atoms with van der Waals surface area (Å²) in [6.07, 6.45) is 4.77. The maximum atomic E-state index is 11.8. The average Bonchev–Trinajstić information content (AvgIpc) is 3.15. The number of ether oxygens (including phenoxy) is 1. The summed E-state index contributed by atoms with van der Waals surface area (Å²) in [4.78, 5) is 17.8. The monoisotopic (exact) mass is 435 g/mol. The summed E-state index contributed by atoms with van der Waals surface area (Å²) in [6.45, 7) is 7.43. The van der Waals surface area contributed by atoms with Gasteiger partial charge < -0.3 is 14.6 Å². The number of benzene rings is 2. The fourth-order valence-corrected chi connectivity index (χ4v) is 4.79. The molecule has 1 aliphatic heterocycles. The van der Waals surface area contributed by atoms with Crippen LogP contribution in [0.15, 0.2) is 46.8 Å². The molecule has 0 unspecified atom stereocenters. The number of carbonyl (C=O) groups excluding carboxylic acids is 1. The molecule has 0 saturated heterocycles. The van der Waals surface area contributed by atoms with E-state index < -0.39 is 0 Å². The topological polar surface area (TPSA) is 55.6 Å². The zero-order valence-electron chi connectivity index (χ0n) is 18.4. The number of carbonyl (C=O) groups is 1. The number of aromatic nitrogens is 1. The van der Waals surface area contributed by atoms with Gasteiger partial charge in [0.2, 0.25) is 0 Å². The second kappa shape index (κ2) is 9.52. The van der Waals surface area contributed by atoms with E-state index in [0.717, 1.165) is 40.4 Å². The summed E-state index contributed by atoms with van der Waals surface area (Å²) in [6, 6.07) is 12.4. The lowest BCUT2D eigenvalue weighted by molar-refractivity contribution is -0.118. The van der Waals surface area contributed by atoms with Crippen LogP contribution in [0.2, 0.25) is 0 Å². The van der Waals surface area contributed by atoms with Gasteiger partial charge >= 0.3 is 0 Å². The molecule has 0 saturated carbocycles. The minimum absolute atomic E-state index is 0.0706. The Morgan fingerprint density at radius 3 is 2.81 bits per heavy atom. The molecule has 5 nitrogen and oxygen atoms in total. The Bertz CT molecular complexity index is 1160. The summed E-state index contributed by atoms with van der Waals surface area (Å²) in [5.41, 5.74) is 6.33. The molecular formula is C25H29N3O2S. The predicted octanol–water partition coefficient (Wildman–Crippen LogP) is 5.98. The predicted molar refractivity (Wildman–Crippen MR) is 127 cm³/mol. The van der Waals surface area contributed by atoms with E-state index in [4.69, 9.17) is 9.73 Å². The minimum atomic E-state index is -0.118. The van der Waals surface area contributed by atoms with Crippen molar-refractivity contribution < 1.29 is 9.53 Å². The molecule has 2 aromatic carbocycles. The van der Waals surface area contributed by atoms with Crippen LogP contribution in [0.3, 0.4) is 0 Å². The molecule has 0 bridgehead atoms. The number of fused-ring (bicyclic) bond motifs is 1. The van der Waals surface area contributed by atoms with Crippen LogP contribution < -0.4 is 14.9 Å². The van der Waals surface area contributed by atoms with E-state index >= 15 is 0 Å². The number of anilines is 1. The second-order valence-electron chi connectivity index (χ2n) is 8.07. The Morgan fingerprint density at radius 2 is 2.00 bits per heavy atom. The lowest BCUT2D eigenvalue weighted by atomic mass is 10.1. The molecule has 1 aliphatic rings. The quantitative estimate of drug-likeness (QED) is 0.464. The maximum absolute atomic E-state index is 11.8. The van der Waals surface area contributed by atoms with Crippen molar-refractivity contribution in [1.29, 1.82) is 0 Å². The first kappa shape index (κ1) is 21.4.